The minimum Gasteiger partial charge on any atom is -0.490 e. The van der Waals surface area contributed by atoms with Crippen molar-refractivity contribution < 1.29 is 19.0 Å². The summed E-state index contributed by atoms with van der Waals surface area (Å²) in [5.41, 5.74) is 1.73. The van der Waals surface area contributed by atoms with E-state index in [1.165, 1.54) is 6.07 Å². The first-order valence-corrected chi connectivity index (χ1v) is 9.75. The molecular weight excluding hydrogens is 374 g/mol. The van der Waals surface area contributed by atoms with Crippen LogP contribution in [0.1, 0.15) is 24.1 Å². The van der Waals surface area contributed by atoms with Crippen LogP contribution in [0.5, 0.6) is 17.2 Å². The molecule has 2 amide bonds. The number of benzene rings is 1. The fraction of sp³-hybridized carbons (Fsp3) is 0.429. The second-order valence-electron chi connectivity index (χ2n) is 7.38. The van der Waals surface area contributed by atoms with Crippen LogP contribution < -0.4 is 25.1 Å². The zero-order chi connectivity index (χ0) is 20.4. The van der Waals surface area contributed by atoms with Crippen molar-refractivity contribution in [1.82, 2.24) is 14.8 Å². The third-order valence-electron chi connectivity index (χ3n) is 5.39. The van der Waals surface area contributed by atoms with E-state index in [-0.39, 0.29) is 24.5 Å². The lowest BCUT2D eigenvalue weighted by molar-refractivity contribution is 0.110. The number of amides is 2. The summed E-state index contributed by atoms with van der Waals surface area (Å²) >= 11 is 0. The number of likely N-dealkylation sites (tertiary alicyclic amines) is 1. The Labute approximate surface area is 169 Å². The third kappa shape index (κ3) is 4.31. The van der Waals surface area contributed by atoms with Gasteiger partial charge < -0.3 is 29.0 Å². The number of carbonyl (C=O) groups excluding carboxylic acids is 1. The van der Waals surface area contributed by atoms with Crippen LogP contribution in [0, 0.1) is 6.92 Å². The first kappa shape index (κ1) is 19.2. The number of piperidine rings is 1. The van der Waals surface area contributed by atoms with Gasteiger partial charge in [0.2, 0.25) is 6.79 Å². The molecule has 154 valence electrons. The van der Waals surface area contributed by atoms with Gasteiger partial charge in [0.25, 0.3) is 5.56 Å². The van der Waals surface area contributed by atoms with Gasteiger partial charge in [-0.2, -0.15) is 0 Å². The molecule has 0 unspecified atom stereocenters. The summed E-state index contributed by atoms with van der Waals surface area (Å²) in [6, 6.07) is 8.94. The molecule has 1 aromatic heterocycles. The maximum atomic E-state index is 12.5. The van der Waals surface area contributed by atoms with Crippen LogP contribution in [0.25, 0.3) is 0 Å². The predicted molar refractivity (Wildman–Crippen MR) is 106 cm³/mol. The summed E-state index contributed by atoms with van der Waals surface area (Å²) < 4.78 is 18.2. The minimum atomic E-state index is -0.0921. The van der Waals surface area contributed by atoms with E-state index in [9.17, 15) is 9.59 Å². The molecule has 8 heteroatoms. The number of rotatable bonds is 4. The van der Waals surface area contributed by atoms with Crippen molar-refractivity contribution in [3.8, 4) is 17.2 Å². The Morgan fingerprint density at radius 3 is 2.69 bits per heavy atom. The van der Waals surface area contributed by atoms with E-state index in [1.807, 2.05) is 31.2 Å². The SMILES string of the molecule is Cc1cc(OC2CCN(C(=O)NCc3ccc4c(c3)OCO4)CC2)cc(=O)n1C. The summed E-state index contributed by atoms with van der Waals surface area (Å²) in [5.74, 6) is 2.03. The highest BCUT2D eigenvalue weighted by atomic mass is 16.7. The number of nitrogens with one attached hydrogen (secondary N) is 1. The van der Waals surface area contributed by atoms with Crippen LogP contribution in [-0.4, -0.2) is 41.5 Å². The van der Waals surface area contributed by atoms with Gasteiger partial charge in [0.05, 0.1) is 0 Å². The van der Waals surface area contributed by atoms with Gasteiger partial charge in [0.1, 0.15) is 11.9 Å². The molecule has 0 spiro atoms. The molecule has 29 heavy (non-hydrogen) atoms. The van der Waals surface area contributed by atoms with Gasteiger partial charge in [-0.1, -0.05) is 6.07 Å². The topological polar surface area (TPSA) is 82.0 Å². The lowest BCUT2D eigenvalue weighted by Crippen LogP contribution is -2.46. The van der Waals surface area contributed by atoms with E-state index in [0.717, 1.165) is 29.8 Å². The van der Waals surface area contributed by atoms with Gasteiger partial charge in [-0.3, -0.25) is 4.79 Å². The summed E-state index contributed by atoms with van der Waals surface area (Å²) in [7, 11) is 1.74. The smallest absolute Gasteiger partial charge is 0.317 e. The number of urea groups is 1. The zero-order valence-corrected chi connectivity index (χ0v) is 16.6. The van der Waals surface area contributed by atoms with Crippen molar-refractivity contribution in [2.24, 2.45) is 7.05 Å². The molecule has 0 aliphatic carbocycles. The lowest BCUT2D eigenvalue weighted by atomic mass is 10.1. The fourth-order valence-corrected chi connectivity index (χ4v) is 3.51. The molecule has 8 nitrogen and oxygen atoms in total. The summed E-state index contributed by atoms with van der Waals surface area (Å²) in [6.07, 6.45) is 1.46. The second-order valence-corrected chi connectivity index (χ2v) is 7.38. The van der Waals surface area contributed by atoms with Gasteiger partial charge in [-0.05, 0) is 30.7 Å². The van der Waals surface area contributed by atoms with Crippen LogP contribution in [0.2, 0.25) is 0 Å². The normalized spacial score (nSPS) is 16.0. The Kier molecular flexibility index (Phi) is 5.33. The molecule has 2 aliphatic heterocycles. The Balaban J connectivity index is 1.26. The van der Waals surface area contributed by atoms with E-state index >= 15 is 0 Å². The van der Waals surface area contributed by atoms with Crippen LogP contribution >= 0.6 is 0 Å². The van der Waals surface area contributed by atoms with E-state index in [2.05, 4.69) is 5.32 Å². The highest BCUT2D eigenvalue weighted by molar-refractivity contribution is 5.74. The number of aryl methyl sites for hydroxylation is 1. The summed E-state index contributed by atoms with van der Waals surface area (Å²) in [5, 5.41) is 2.95. The summed E-state index contributed by atoms with van der Waals surface area (Å²) in [4.78, 5) is 26.2. The van der Waals surface area contributed by atoms with Crippen LogP contribution in [0.4, 0.5) is 4.79 Å². The molecule has 0 radical (unpaired) electrons. The molecule has 0 saturated carbocycles. The standard InChI is InChI=1S/C21H25N3O5/c1-14-9-17(11-20(25)23(14)2)29-16-5-7-24(8-6-16)21(26)22-12-15-3-4-18-19(10-15)28-13-27-18/h3-4,9-11,16H,5-8,12-13H2,1-2H3,(H,22,26). The molecule has 2 aromatic rings. The fourth-order valence-electron chi connectivity index (χ4n) is 3.51. The number of aromatic nitrogens is 1. The van der Waals surface area contributed by atoms with Crippen molar-refractivity contribution >= 4 is 6.03 Å². The summed E-state index contributed by atoms with van der Waals surface area (Å²) in [6.45, 7) is 3.77. The Morgan fingerprint density at radius 1 is 1.17 bits per heavy atom. The van der Waals surface area contributed by atoms with Crippen LogP contribution in [0.15, 0.2) is 35.1 Å². The van der Waals surface area contributed by atoms with Gasteiger partial charge in [0.15, 0.2) is 11.5 Å². The van der Waals surface area contributed by atoms with Crippen molar-refractivity contribution in [1.29, 1.82) is 0 Å². The zero-order valence-electron chi connectivity index (χ0n) is 16.6. The van der Waals surface area contributed by atoms with Crippen molar-refractivity contribution in [3.63, 3.8) is 0 Å². The van der Waals surface area contributed by atoms with Gasteiger partial charge >= 0.3 is 6.03 Å². The number of ether oxygens (including phenoxy) is 3. The Morgan fingerprint density at radius 2 is 1.93 bits per heavy atom. The van der Waals surface area contributed by atoms with Crippen LogP contribution in [0.3, 0.4) is 0 Å². The quantitative estimate of drug-likeness (QED) is 0.852. The molecule has 3 heterocycles. The molecule has 0 bridgehead atoms. The van der Waals surface area contributed by atoms with E-state index < -0.39 is 0 Å². The molecule has 2 aliphatic rings. The minimum absolute atomic E-state index is 0.000541. The first-order chi connectivity index (χ1) is 14.0. The Hall–Kier alpha value is -3.16. The number of pyridine rings is 1. The third-order valence-corrected chi connectivity index (χ3v) is 5.39. The van der Waals surface area contributed by atoms with Gasteiger partial charge in [0, 0.05) is 51.3 Å². The van der Waals surface area contributed by atoms with Crippen molar-refractivity contribution in [2.45, 2.75) is 32.4 Å². The first-order valence-electron chi connectivity index (χ1n) is 9.75. The monoisotopic (exact) mass is 399 g/mol. The molecule has 1 N–H and O–H groups in total. The molecule has 1 saturated heterocycles. The average molecular weight is 399 g/mol. The number of hydrogen-bond donors (Lipinski definition) is 1. The maximum Gasteiger partial charge on any atom is 0.317 e. The van der Waals surface area contributed by atoms with E-state index in [0.29, 0.717) is 31.1 Å². The highest BCUT2D eigenvalue weighted by Crippen LogP contribution is 2.32. The molecule has 4 rings (SSSR count). The number of hydrogen-bond acceptors (Lipinski definition) is 5. The molecule has 0 atom stereocenters. The van der Waals surface area contributed by atoms with Crippen molar-refractivity contribution in [2.75, 3.05) is 19.9 Å². The average Bonchev–Trinajstić information content (AvgIpc) is 3.18. The van der Waals surface area contributed by atoms with Gasteiger partial charge in [-0.15, -0.1) is 0 Å². The highest BCUT2D eigenvalue weighted by Gasteiger charge is 2.24. The van der Waals surface area contributed by atoms with E-state index in [1.54, 1.807) is 16.5 Å². The molecular formula is C21H25N3O5. The molecule has 1 aromatic carbocycles. The molecule has 1 fully saturated rings. The lowest BCUT2D eigenvalue weighted by Gasteiger charge is -2.32. The van der Waals surface area contributed by atoms with Crippen LogP contribution in [-0.2, 0) is 13.6 Å². The largest absolute Gasteiger partial charge is 0.490 e. The maximum absolute atomic E-state index is 12.5. The number of carbonyl (C=O) groups is 1. The number of fused-ring (bicyclic) bond motifs is 1. The number of nitrogens with zero attached hydrogens (tertiary/aromatic N) is 2. The predicted octanol–water partition coefficient (Wildman–Crippen LogP) is 2.18. The van der Waals surface area contributed by atoms with Gasteiger partial charge in [-0.25, -0.2) is 4.79 Å². The van der Waals surface area contributed by atoms with Crippen molar-refractivity contribution in [3.05, 3.63) is 51.9 Å². The Bertz CT molecular complexity index is 963. The van der Waals surface area contributed by atoms with E-state index in [4.69, 9.17) is 14.2 Å². The second kappa shape index (κ2) is 8.06.